The first kappa shape index (κ1) is 13.5. The number of hydrogen-bond acceptors (Lipinski definition) is 6. The monoisotopic (exact) mass is 268 g/mol. The zero-order chi connectivity index (χ0) is 14.4. The second kappa shape index (κ2) is 6.29. The van der Waals surface area contributed by atoms with Gasteiger partial charge in [-0.15, -0.1) is 0 Å². The van der Waals surface area contributed by atoms with Gasteiger partial charge in [0.25, 0.3) is 0 Å². The predicted molar refractivity (Wildman–Crippen MR) is 71.9 cm³/mol. The van der Waals surface area contributed by atoms with Gasteiger partial charge >= 0.3 is 5.97 Å². The van der Waals surface area contributed by atoms with Crippen LogP contribution in [0, 0.1) is 11.3 Å². The van der Waals surface area contributed by atoms with Crippen molar-refractivity contribution in [2.45, 2.75) is 6.54 Å². The number of methoxy groups -OCH3 is 1. The molecule has 1 heterocycles. The third-order valence-corrected chi connectivity index (χ3v) is 2.55. The summed E-state index contributed by atoms with van der Waals surface area (Å²) >= 11 is 0. The molecular weight excluding hydrogens is 256 g/mol. The van der Waals surface area contributed by atoms with Gasteiger partial charge in [0.1, 0.15) is 5.82 Å². The van der Waals surface area contributed by atoms with Crippen LogP contribution in [-0.4, -0.2) is 23.0 Å². The van der Waals surface area contributed by atoms with Crippen LogP contribution in [0.1, 0.15) is 21.7 Å². The van der Waals surface area contributed by atoms with Crippen LogP contribution in [0.15, 0.2) is 36.5 Å². The summed E-state index contributed by atoms with van der Waals surface area (Å²) in [6, 6.07) is 11.0. The topological polar surface area (TPSA) is 87.9 Å². The predicted octanol–water partition coefficient (Wildman–Crippen LogP) is 1.75. The molecule has 1 aromatic heterocycles. The van der Waals surface area contributed by atoms with Crippen molar-refractivity contribution < 1.29 is 9.53 Å². The van der Waals surface area contributed by atoms with E-state index in [0.29, 0.717) is 17.9 Å². The molecule has 20 heavy (non-hydrogen) atoms. The first-order chi connectivity index (χ1) is 9.72. The average molecular weight is 268 g/mol. The highest BCUT2D eigenvalue weighted by Crippen LogP contribution is 2.08. The summed E-state index contributed by atoms with van der Waals surface area (Å²) in [5, 5.41) is 11.9. The molecule has 6 nitrogen and oxygen atoms in total. The maximum Gasteiger partial charge on any atom is 0.376 e. The third-order valence-electron chi connectivity index (χ3n) is 2.55. The number of hydrogen-bond donors (Lipinski definition) is 1. The SMILES string of the molecule is COC(=O)c1nccc(NCc2cccc(C#N)c2)n1. The number of ether oxygens (including phenoxy) is 1. The average Bonchev–Trinajstić information content (AvgIpc) is 2.52. The molecule has 0 aliphatic carbocycles. The molecule has 100 valence electrons. The van der Waals surface area contributed by atoms with Crippen LogP contribution in [0.25, 0.3) is 0 Å². The molecule has 0 unspecified atom stereocenters. The summed E-state index contributed by atoms with van der Waals surface area (Å²) in [4.78, 5) is 19.2. The lowest BCUT2D eigenvalue weighted by Crippen LogP contribution is -2.09. The number of nitrogens with one attached hydrogen (secondary N) is 1. The Labute approximate surface area is 116 Å². The molecule has 1 N–H and O–H groups in total. The van der Waals surface area contributed by atoms with Crippen molar-refractivity contribution in [3.05, 3.63) is 53.5 Å². The molecule has 0 atom stereocenters. The molecule has 1 aromatic carbocycles. The number of nitrogens with zero attached hydrogens (tertiary/aromatic N) is 3. The zero-order valence-electron chi connectivity index (χ0n) is 10.8. The van der Waals surface area contributed by atoms with E-state index in [1.54, 1.807) is 18.2 Å². The molecule has 2 aromatic rings. The highest BCUT2D eigenvalue weighted by atomic mass is 16.5. The molecular formula is C14H12N4O2. The van der Waals surface area contributed by atoms with Gasteiger partial charge in [0.2, 0.25) is 5.82 Å². The summed E-state index contributed by atoms with van der Waals surface area (Å²) < 4.78 is 4.56. The van der Waals surface area contributed by atoms with Crippen LogP contribution >= 0.6 is 0 Å². The Balaban J connectivity index is 2.07. The second-order valence-electron chi connectivity index (χ2n) is 3.92. The van der Waals surface area contributed by atoms with Gasteiger partial charge in [0.15, 0.2) is 0 Å². The number of anilines is 1. The summed E-state index contributed by atoms with van der Waals surface area (Å²) in [6.45, 7) is 0.493. The number of esters is 1. The first-order valence-corrected chi connectivity index (χ1v) is 5.87. The fourth-order valence-corrected chi connectivity index (χ4v) is 1.59. The van der Waals surface area contributed by atoms with Crippen LogP contribution < -0.4 is 5.32 Å². The number of aromatic nitrogens is 2. The van der Waals surface area contributed by atoms with Crippen molar-refractivity contribution in [3.8, 4) is 6.07 Å². The maximum atomic E-state index is 11.3. The molecule has 0 saturated carbocycles. The van der Waals surface area contributed by atoms with E-state index in [-0.39, 0.29) is 5.82 Å². The van der Waals surface area contributed by atoms with Gasteiger partial charge < -0.3 is 10.1 Å². The standard InChI is InChI=1S/C14H12N4O2/c1-20-14(19)13-16-6-5-12(18-13)17-9-11-4-2-3-10(7-11)8-15/h2-7H,9H2,1H3,(H,16,17,18). The van der Waals surface area contributed by atoms with Crippen LogP contribution in [-0.2, 0) is 11.3 Å². The van der Waals surface area contributed by atoms with Gasteiger partial charge in [0.05, 0.1) is 18.7 Å². The van der Waals surface area contributed by atoms with E-state index in [2.05, 4.69) is 26.1 Å². The third kappa shape index (κ3) is 3.29. The fraction of sp³-hybridized carbons (Fsp3) is 0.143. The Hall–Kier alpha value is -2.94. The van der Waals surface area contributed by atoms with Crippen molar-refractivity contribution in [3.63, 3.8) is 0 Å². The lowest BCUT2D eigenvalue weighted by molar-refractivity contribution is 0.0587. The van der Waals surface area contributed by atoms with Gasteiger partial charge in [-0.2, -0.15) is 5.26 Å². The molecule has 0 bridgehead atoms. The van der Waals surface area contributed by atoms with Crippen molar-refractivity contribution in [2.24, 2.45) is 0 Å². The molecule has 0 fully saturated rings. The van der Waals surface area contributed by atoms with Crippen molar-refractivity contribution in [1.82, 2.24) is 9.97 Å². The first-order valence-electron chi connectivity index (χ1n) is 5.87. The maximum absolute atomic E-state index is 11.3. The number of carbonyl (C=O) groups is 1. The lowest BCUT2D eigenvalue weighted by Gasteiger charge is -2.06. The second-order valence-corrected chi connectivity index (χ2v) is 3.92. The van der Waals surface area contributed by atoms with Crippen LogP contribution in [0.3, 0.4) is 0 Å². The van der Waals surface area contributed by atoms with E-state index in [4.69, 9.17) is 5.26 Å². The van der Waals surface area contributed by atoms with Crippen molar-refractivity contribution in [1.29, 1.82) is 5.26 Å². The van der Waals surface area contributed by atoms with E-state index < -0.39 is 5.97 Å². The van der Waals surface area contributed by atoms with E-state index in [1.165, 1.54) is 13.3 Å². The van der Waals surface area contributed by atoms with Gasteiger partial charge in [-0.25, -0.2) is 14.8 Å². The molecule has 0 spiro atoms. The summed E-state index contributed by atoms with van der Waals surface area (Å²) in [6.07, 6.45) is 1.48. The molecule has 6 heteroatoms. The summed E-state index contributed by atoms with van der Waals surface area (Å²) in [7, 11) is 1.28. The molecule has 0 amide bonds. The van der Waals surface area contributed by atoms with Gasteiger partial charge in [-0.3, -0.25) is 0 Å². The Kier molecular flexibility index (Phi) is 4.24. The zero-order valence-corrected chi connectivity index (χ0v) is 10.8. The summed E-state index contributed by atoms with van der Waals surface area (Å²) in [5.74, 6) is -0.0637. The van der Waals surface area contributed by atoms with Crippen molar-refractivity contribution in [2.75, 3.05) is 12.4 Å². The number of benzene rings is 1. The fourth-order valence-electron chi connectivity index (χ4n) is 1.59. The molecule has 0 aliphatic rings. The minimum absolute atomic E-state index is 0.00303. The van der Waals surface area contributed by atoms with E-state index >= 15 is 0 Å². The highest BCUT2D eigenvalue weighted by Gasteiger charge is 2.09. The van der Waals surface area contributed by atoms with Crippen molar-refractivity contribution >= 4 is 11.8 Å². The summed E-state index contributed by atoms with van der Waals surface area (Å²) in [5.41, 5.74) is 1.55. The van der Waals surface area contributed by atoms with Gasteiger partial charge in [-0.1, -0.05) is 12.1 Å². The van der Waals surface area contributed by atoms with Crippen LogP contribution in [0.5, 0.6) is 0 Å². The molecule has 0 radical (unpaired) electrons. The molecule has 0 saturated heterocycles. The number of carbonyl (C=O) groups excluding carboxylic acids is 1. The lowest BCUT2D eigenvalue weighted by atomic mass is 10.1. The Morgan fingerprint density at radius 2 is 2.30 bits per heavy atom. The van der Waals surface area contributed by atoms with Gasteiger partial charge in [0, 0.05) is 12.7 Å². The van der Waals surface area contributed by atoms with Gasteiger partial charge in [-0.05, 0) is 23.8 Å². The highest BCUT2D eigenvalue weighted by molar-refractivity contribution is 5.85. The Morgan fingerprint density at radius 3 is 3.05 bits per heavy atom. The molecule has 0 aliphatic heterocycles. The number of rotatable bonds is 4. The quantitative estimate of drug-likeness (QED) is 0.850. The smallest absolute Gasteiger partial charge is 0.376 e. The minimum atomic E-state index is -0.583. The number of nitriles is 1. The van der Waals surface area contributed by atoms with E-state index in [9.17, 15) is 4.79 Å². The normalized spacial score (nSPS) is 9.60. The van der Waals surface area contributed by atoms with Crippen LogP contribution in [0.4, 0.5) is 5.82 Å². The van der Waals surface area contributed by atoms with E-state index in [1.807, 2.05) is 12.1 Å². The Bertz CT molecular complexity index is 664. The van der Waals surface area contributed by atoms with Crippen LogP contribution in [0.2, 0.25) is 0 Å². The minimum Gasteiger partial charge on any atom is -0.463 e. The van der Waals surface area contributed by atoms with E-state index in [0.717, 1.165) is 5.56 Å². The molecule has 2 rings (SSSR count). The Morgan fingerprint density at radius 1 is 1.45 bits per heavy atom. The largest absolute Gasteiger partial charge is 0.463 e.